The molecule has 3 nitrogen and oxygen atoms in total. The van der Waals surface area contributed by atoms with Crippen molar-refractivity contribution in [1.82, 2.24) is 9.97 Å². The molecular weight excluding hydrogens is 257 g/mol. The highest BCUT2D eigenvalue weighted by Crippen LogP contribution is 2.30. The molecule has 0 spiro atoms. The van der Waals surface area contributed by atoms with Gasteiger partial charge in [-0.3, -0.25) is 0 Å². The van der Waals surface area contributed by atoms with E-state index in [2.05, 4.69) is 9.97 Å². The molecule has 0 unspecified atom stereocenters. The van der Waals surface area contributed by atoms with Gasteiger partial charge >= 0.3 is 6.18 Å². The van der Waals surface area contributed by atoms with Gasteiger partial charge in [0.15, 0.2) is 5.69 Å². The maximum Gasteiger partial charge on any atom is 0.433 e. The van der Waals surface area contributed by atoms with Crippen LogP contribution in [0.4, 0.5) is 13.2 Å². The Labute approximate surface area is 102 Å². The fourth-order valence-corrected chi connectivity index (χ4v) is 1.32. The van der Waals surface area contributed by atoms with Crippen LogP contribution in [0.2, 0.25) is 5.28 Å². The van der Waals surface area contributed by atoms with E-state index in [9.17, 15) is 13.2 Å². The first kappa shape index (κ1) is 14.0. The summed E-state index contributed by atoms with van der Waals surface area (Å²) in [7, 11) is 0. The van der Waals surface area contributed by atoms with E-state index < -0.39 is 17.2 Å². The zero-order valence-electron chi connectivity index (χ0n) is 9.22. The van der Waals surface area contributed by atoms with Crippen LogP contribution in [-0.4, -0.2) is 16.6 Å². The number of halogens is 4. The third-order valence-electron chi connectivity index (χ3n) is 1.96. The molecule has 0 aliphatic rings. The lowest BCUT2D eigenvalue weighted by Gasteiger charge is -2.09. The summed E-state index contributed by atoms with van der Waals surface area (Å²) >= 11 is 5.39. The molecule has 1 aromatic heterocycles. The van der Waals surface area contributed by atoms with E-state index >= 15 is 0 Å². The molecule has 0 amide bonds. The highest BCUT2D eigenvalue weighted by molar-refractivity contribution is 6.28. The molecule has 0 saturated heterocycles. The van der Waals surface area contributed by atoms with E-state index in [-0.39, 0.29) is 5.88 Å². The van der Waals surface area contributed by atoms with Gasteiger partial charge in [-0.2, -0.15) is 18.2 Å². The van der Waals surface area contributed by atoms with Crippen LogP contribution in [0.5, 0.6) is 5.88 Å². The van der Waals surface area contributed by atoms with E-state index in [1.165, 1.54) is 0 Å². The molecule has 1 aromatic rings. The predicted octanol–water partition coefficient (Wildman–Crippen LogP) is 3.72. The first-order valence-corrected chi connectivity index (χ1v) is 5.56. The molecule has 0 N–H and O–H groups in total. The Balaban J connectivity index is 2.69. The van der Waals surface area contributed by atoms with Crippen LogP contribution in [0.15, 0.2) is 6.07 Å². The number of hydrogen-bond acceptors (Lipinski definition) is 3. The summed E-state index contributed by atoms with van der Waals surface area (Å²) in [5, 5.41) is -0.467. The third kappa shape index (κ3) is 4.77. The van der Waals surface area contributed by atoms with E-state index in [4.69, 9.17) is 16.3 Å². The molecule has 0 fully saturated rings. The molecule has 0 aliphatic carbocycles. The van der Waals surface area contributed by atoms with E-state index in [1.54, 1.807) is 0 Å². The number of hydrogen-bond donors (Lipinski definition) is 0. The molecule has 17 heavy (non-hydrogen) atoms. The van der Waals surface area contributed by atoms with E-state index in [1.807, 2.05) is 6.92 Å². The zero-order valence-corrected chi connectivity index (χ0v) is 9.98. The van der Waals surface area contributed by atoms with Gasteiger partial charge in [-0.25, -0.2) is 4.98 Å². The maximum absolute atomic E-state index is 12.4. The predicted molar refractivity (Wildman–Crippen MR) is 57.1 cm³/mol. The Hall–Kier alpha value is -1.04. The normalized spacial score (nSPS) is 11.6. The summed E-state index contributed by atoms with van der Waals surface area (Å²) in [6.45, 7) is 2.34. The molecule has 96 valence electrons. The standard InChI is InChI=1S/C10H12ClF3N2O/c1-2-3-4-5-17-8-6-7(10(12,13)14)15-9(11)16-8/h6H,2-5H2,1H3. The van der Waals surface area contributed by atoms with Crippen LogP contribution < -0.4 is 4.74 Å². The third-order valence-corrected chi connectivity index (χ3v) is 2.13. The Morgan fingerprint density at radius 2 is 2.00 bits per heavy atom. The largest absolute Gasteiger partial charge is 0.478 e. The monoisotopic (exact) mass is 268 g/mol. The molecule has 1 rings (SSSR count). The van der Waals surface area contributed by atoms with Gasteiger partial charge in [0.1, 0.15) is 0 Å². The van der Waals surface area contributed by atoms with Gasteiger partial charge in [-0.05, 0) is 18.0 Å². The topological polar surface area (TPSA) is 35.0 Å². The van der Waals surface area contributed by atoms with Crippen LogP contribution in [-0.2, 0) is 6.18 Å². The number of unbranched alkanes of at least 4 members (excludes halogenated alkanes) is 2. The molecule has 0 radical (unpaired) electrons. The van der Waals surface area contributed by atoms with Gasteiger partial charge in [0.05, 0.1) is 6.61 Å². The summed E-state index contributed by atoms with van der Waals surface area (Å²) < 4.78 is 42.2. The average Bonchev–Trinajstić information content (AvgIpc) is 2.22. The summed E-state index contributed by atoms with van der Waals surface area (Å²) in [4.78, 5) is 6.68. The smallest absolute Gasteiger partial charge is 0.433 e. The lowest BCUT2D eigenvalue weighted by molar-refractivity contribution is -0.141. The quantitative estimate of drug-likeness (QED) is 0.603. The number of aromatic nitrogens is 2. The van der Waals surface area contributed by atoms with Gasteiger partial charge in [0.25, 0.3) is 0 Å². The van der Waals surface area contributed by atoms with Crippen molar-refractivity contribution in [3.63, 3.8) is 0 Å². The minimum absolute atomic E-state index is 0.145. The van der Waals surface area contributed by atoms with Crippen molar-refractivity contribution in [3.8, 4) is 5.88 Å². The minimum Gasteiger partial charge on any atom is -0.478 e. The van der Waals surface area contributed by atoms with Crippen molar-refractivity contribution in [2.24, 2.45) is 0 Å². The van der Waals surface area contributed by atoms with Crippen LogP contribution in [0.1, 0.15) is 31.9 Å². The summed E-state index contributed by atoms with van der Waals surface area (Å²) in [6.07, 6.45) is -1.83. The second-order valence-electron chi connectivity index (χ2n) is 3.41. The van der Waals surface area contributed by atoms with E-state index in [0.717, 1.165) is 25.3 Å². The van der Waals surface area contributed by atoms with Crippen molar-refractivity contribution in [3.05, 3.63) is 17.0 Å². The number of rotatable bonds is 5. The number of ether oxygens (including phenoxy) is 1. The molecule has 1 heterocycles. The Bertz CT molecular complexity index is 371. The molecule has 0 saturated carbocycles. The molecule has 0 atom stereocenters. The van der Waals surface area contributed by atoms with E-state index in [0.29, 0.717) is 6.61 Å². The Morgan fingerprint density at radius 3 is 2.59 bits per heavy atom. The minimum atomic E-state index is -4.55. The summed E-state index contributed by atoms with van der Waals surface area (Å²) in [5.41, 5.74) is -1.09. The lowest BCUT2D eigenvalue weighted by Crippen LogP contribution is -2.10. The van der Waals surface area contributed by atoms with Gasteiger partial charge in [-0.15, -0.1) is 0 Å². The van der Waals surface area contributed by atoms with Crippen molar-refractivity contribution >= 4 is 11.6 Å². The van der Waals surface area contributed by atoms with Gasteiger partial charge < -0.3 is 4.74 Å². The van der Waals surface area contributed by atoms with Gasteiger partial charge in [0.2, 0.25) is 11.2 Å². The fourth-order valence-electron chi connectivity index (χ4n) is 1.14. The van der Waals surface area contributed by atoms with Crippen LogP contribution in [0, 0.1) is 0 Å². The molecule has 7 heteroatoms. The summed E-state index contributed by atoms with van der Waals surface area (Å²) in [6, 6.07) is 0.748. The highest BCUT2D eigenvalue weighted by atomic mass is 35.5. The second-order valence-corrected chi connectivity index (χ2v) is 3.75. The Kier molecular flexibility index (Phi) is 4.99. The lowest BCUT2D eigenvalue weighted by atomic mass is 10.3. The second kappa shape index (κ2) is 6.05. The molecule has 0 bridgehead atoms. The van der Waals surface area contributed by atoms with Crippen molar-refractivity contribution < 1.29 is 17.9 Å². The number of alkyl halides is 3. The first-order chi connectivity index (χ1) is 7.93. The first-order valence-electron chi connectivity index (χ1n) is 5.18. The SMILES string of the molecule is CCCCCOc1cc(C(F)(F)F)nc(Cl)n1. The maximum atomic E-state index is 12.4. The molecule has 0 aromatic carbocycles. The average molecular weight is 269 g/mol. The van der Waals surface area contributed by atoms with Crippen molar-refractivity contribution in [1.29, 1.82) is 0 Å². The summed E-state index contributed by atoms with van der Waals surface area (Å²) in [5.74, 6) is -0.145. The molecular formula is C10H12ClF3N2O. The molecule has 0 aliphatic heterocycles. The van der Waals surface area contributed by atoms with Crippen molar-refractivity contribution in [2.45, 2.75) is 32.4 Å². The van der Waals surface area contributed by atoms with Gasteiger partial charge in [0, 0.05) is 6.07 Å². The fraction of sp³-hybridized carbons (Fsp3) is 0.600. The number of nitrogens with zero attached hydrogens (tertiary/aromatic N) is 2. The van der Waals surface area contributed by atoms with Crippen molar-refractivity contribution in [2.75, 3.05) is 6.61 Å². The van der Waals surface area contributed by atoms with Crippen LogP contribution >= 0.6 is 11.6 Å². The highest BCUT2D eigenvalue weighted by Gasteiger charge is 2.33. The Morgan fingerprint density at radius 1 is 1.29 bits per heavy atom. The van der Waals surface area contributed by atoms with Crippen LogP contribution in [0.3, 0.4) is 0 Å². The van der Waals surface area contributed by atoms with Crippen LogP contribution in [0.25, 0.3) is 0 Å². The zero-order chi connectivity index (χ0) is 12.9. The van der Waals surface area contributed by atoms with Gasteiger partial charge in [-0.1, -0.05) is 19.8 Å².